The second kappa shape index (κ2) is 31.5. The molecule has 9 heteroatoms. The SMILES string of the molecule is CCCCCCCCCCCCCCCCCCCC(=O)NC(COP(=O)(O)OCCN)C(O)CCCCCCCCC. The van der Waals surface area contributed by atoms with Crippen molar-refractivity contribution in [2.24, 2.45) is 5.73 Å². The molecule has 0 rings (SSSR count). The first-order chi connectivity index (χ1) is 20.9. The Balaban J connectivity index is 4.09. The Morgan fingerprint density at radius 2 is 1.07 bits per heavy atom. The summed E-state index contributed by atoms with van der Waals surface area (Å²) in [6.07, 6.45) is 29.8. The lowest BCUT2D eigenvalue weighted by molar-refractivity contribution is -0.123. The Morgan fingerprint density at radius 1 is 0.674 bits per heavy atom. The van der Waals surface area contributed by atoms with Crippen molar-refractivity contribution in [3.05, 3.63) is 0 Å². The van der Waals surface area contributed by atoms with E-state index in [1.807, 2.05) is 0 Å². The molecule has 0 aromatic rings. The monoisotopic (exact) mass is 635 g/mol. The van der Waals surface area contributed by atoms with Crippen LogP contribution in [0.5, 0.6) is 0 Å². The summed E-state index contributed by atoms with van der Waals surface area (Å²) in [4.78, 5) is 22.5. The van der Waals surface area contributed by atoms with E-state index in [2.05, 4.69) is 19.2 Å². The average molecular weight is 635 g/mol. The Kier molecular flexibility index (Phi) is 31.1. The maximum Gasteiger partial charge on any atom is 0.472 e. The molecule has 3 atom stereocenters. The van der Waals surface area contributed by atoms with Crippen LogP contribution in [0.25, 0.3) is 0 Å². The molecule has 0 radical (unpaired) electrons. The van der Waals surface area contributed by atoms with Crippen molar-refractivity contribution in [1.82, 2.24) is 5.32 Å². The minimum atomic E-state index is -4.29. The van der Waals surface area contributed by atoms with Crippen molar-refractivity contribution in [1.29, 1.82) is 0 Å². The van der Waals surface area contributed by atoms with Gasteiger partial charge in [0.15, 0.2) is 0 Å². The summed E-state index contributed by atoms with van der Waals surface area (Å²) < 4.78 is 22.0. The third-order valence-electron chi connectivity index (χ3n) is 8.21. The van der Waals surface area contributed by atoms with Crippen molar-refractivity contribution in [2.45, 2.75) is 193 Å². The maximum absolute atomic E-state index is 12.6. The van der Waals surface area contributed by atoms with Gasteiger partial charge in [-0.1, -0.05) is 162 Å². The van der Waals surface area contributed by atoms with Gasteiger partial charge in [0, 0.05) is 13.0 Å². The van der Waals surface area contributed by atoms with Crippen LogP contribution in [0.2, 0.25) is 0 Å². The summed E-state index contributed by atoms with van der Waals surface area (Å²) in [6.45, 7) is 4.16. The fourth-order valence-corrected chi connectivity index (χ4v) is 6.19. The Bertz CT molecular complexity index is 654. The summed E-state index contributed by atoms with van der Waals surface area (Å²) in [5.41, 5.74) is 5.34. The zero-order valence-corrected chi connectivity index (χ0v) is 29.1. The normalized spacial score (nSPS) is 14.4. The predicted molar refractivity (Wildman–Crippen MR) is 180 cm³/mol. The van der Waals surface area contributed by atoms with Crippen LogP contribution in [0.4, 0.5) is 0 Å². The van der Waals surface area contributed by atoms with Gasteiger partial charge in [-0.2, -0.15) is 0 Å². The smallest absolute Gasteiger partial charge is 0.391 e. The maximum atomic E-state index is 12.6. The van der Waals surface area contributed by atoms with Crippen molar-refractivity contribution in [3.8, 4) is 0 Å². The van der Waals surface area contributed by atoms with Gasteiger partial charge in [-0.05, 0) is 12.8 Å². The molecule has 0 fully saturated rings. The molecular weight excluding hydrogens is 563 g/mol. The van der Waals surface area contributed by atoms with Crippen molar-refractivity contribution in [2.75, 3.05) is 19.8 Å². The molecule has 0 aliphatic carbocycles. The standard InChI is InChI=1S/C34H71N2O6P/c1-3-5-7-9-11-12-13-14-15-16-17-18-19-20-22-24-26-28-34(38)36-32(31-42-43(39,40)41-30-29-35)33(37)27-25-23-21-10-8-6-4-2/h32-33,37H,3-31,35H2,1-2H3,(H,36,38)(H,39,40). The number of phosphoric ester groups is 1. The van der Waals surface area contributed by atoms with E-state index >= 15 is 0 Å². The second-order valence-electron chi connectivity index (χ2n) is 12.4. The number of rotatable bonds is 34. The van der Waals surface area contributed by atoms with E-state index in [0.29, 0.717) is 12.8 Å². The summed E-state index contributed by atoms with van der Waals surface area (Å²) in [5.74, 6) is -0.163. The number of aliphatic hydroxyl groups excluding tert-OH is 1. The van der Waals surface area contributed by atoms with Crippen LogP contribution >= 0.6 is 7.82 Å². The van der Waals surface area contributed by atoms with Gasteiger partial charge in [0.05, 0.1) is 25.4 Å². The number of nitrogens with two attached hydrogens (primary N) is 1. The molecule has 0 aromatic heterocycles. The van der Waals surface area contributed by atoms with Crippen LogP contribution in [0, 0.1) is 0 Å². The highest BCUT2D eigenvalue weighted by Crippen LogP contribution is 2.43. The molecule has 1 amide bonds. The van der Waals surface area contributed by atoms with Gasteiger partial charge in [-0.3, -0.25) is 13.8 Å². The zero-order valence-electron chi connectivity index (χ0n) is 28.2. The lowest BCUT2D eigenvalue weighted by Crippen LogP contribution is -2.46. The lowest BCUT2D eigenvalue weighted by Gasteiger charge is -2.25. The number of phosphoric acid groups is 1. The fourth-order valence-electron chi connectivity index (χ4n) is 5.43. The Morgan fingerprint density at radius 3 is 1.49 bits per heavy atom. The quantitative estimate of drug-likeness (QED) is 0.0410. The minimum absolute atomic E-state index is 0.0916. The molecule has 0 aliphatic rings. The van der Waals surface area contributed by atoms with Crippen LogP contribution in [-0.2, 0) is 18.4 Å². The van der Waals surface area contributed by atoms with E-state index < -0.39 is 20.0 Å². The molecule has 0 saturated carbocycles. The molecule has 3 unspecified atom stereocenters. The van der Waals surface area contributed by atoms with Crippen molar-refractivity contribution >= 4 is 13.7 Å². The molecule has 0 spiro atoms. The molecule has 5 N–H and O–H groups in total. The van der Waals surface area contributed by atoms with E-state index in [9.17, 15) is 19.4 Å². The number of nitrogens with one attached hydrogen (secondary N) is 1. The summed E-state index contributed by atoms with van der Waals surface area (Å²) in [5, 5.41) is 13.6. The predicted octanol–water partition coefficient (Wildman–Crippen LogP) is 9.11. The van der Waals surface area contributed by atoms with E-state index in [0.717, 1.165) is 38.5 Å². The van der Waals surface area contributed by atoms with Crippen molar-refractivity contribution < 1.29 is 28.4 Å². The van der Waals surface area contributed by atoms with Crippen LogP contribution in [-0.4, -0.2) is 47.8 Å². The number of carbonyl (C=O) groups excluding carboxylic acids is 1. The molecule has 258 valence electrons. The molecular formula is C34H71N2O6P. The Hall–Kier alpha value is -0.500. The minimum Gasteiger partial charge on any atom is -0.391 e. The van der Waals surface area contributed by atoms with Crippen molar-refractivity contribution in [3.63, 3.8) is 0 Å². The van der Waals surface area contributed by atoms with Gasteiger partial charge in [-0.25, -0.2) is 4.57 Å². The largest absolute Gasteiger partial charge is 0.472 e. The summed E-state index contributed by atoms with van der Waals surface area (Å²) in [7, 11) is -4.29. The highest BCUT2D eigenvalue weighted by Gasteiger charge is 2.27. The van der Waals surface area contributed by atoms with Crippen LogP contribution in [0.1, 0.15) is 181 Å². The first kappa shape index (κ1) is 42.5. The zero-order chi connectivity index (χ0) is 31.9. The number of hydrogen-bond acceptors (Lipinski definition) is 6. The van der Waals surface area contributed by atoms with Gasteiger partial charge in [0.1, 0.15) is 0 Å². The first-order valence-electron chi connectivity index (χ1n) is 18.2. The third-order valence-corrected chi connectivity index (χ3v) is 9.20. The van der Waals surface area contributed by atoms with Gasteiger partial charge < -0.3 is 21.1 Å². The van der Waals surface area contributed by atoms with Gasteiger partial charge in [-0.15, -0.1) is 0 Å². The molecule has 0 aliphatic heterocycles. The fraction of sp³-hybridized carbons (Fsp3) is 0.971. The first-order valence-corrected chi connectivity index (χ1v) is 19.6. The average Bonchev–Trinajstić information content (AvgIpc) is 2.99. The number of carbonyl (C=O) groups is 1. The highest BCUT2D eigenvalue weighted by atomic mass is 31.2. The van der Waals surface area contributed by atoms with Crippen LogP contribution in [0.3, 0.4) is 0 Å². The van der Waals surface area contributed by atoms with E-state index in [4.69, 9.17) is 14.8 Å². The van der Waals surface area contributed by atoms with Gasteiger partial charge in [0.2, 0.25) is 5.91 Å². The Labute approximate surface area is 265 Å². The summed E-state index contributed by atoms with van der Waals surface area (Å²) >= 11 is 0. The van der Waals surface area contributed by atoms with Crippen LogP contribution in [0.15, 0.2) is 0 Å². The number of hydrogen-bond donors (Lipinski definition) is 4. The number of unbranched alkanes of at least 4 members (excludes halogenated alkanes) is 22. The van der Waals surface area contributed by atoms with Crippen LogP contribution < -0.4 is 11.1 Å². The molecule has 0 heterocycles. The van der Waals surface area contributed by atoms with E-state index in [1.165, 1.54) is 116 Å². The highest BCUT2D eigenvalue weighted by molar-refractivity contribution is 7.47. The molecule has 8 nitrogen and oxygen atoms in total. The topological polar surface area (TPSA) is 131 Å². The number of aliphatic hydroxyl groups is 1. The van der Waals surface area contributed by atoms with E-state index in [-0.39, 0.29) is 25.7 Å². The molecule has 0 saturated heterocycles. The van der Waals surface area contributed by atoms with E-state index in [1.54, 1.807) is 0 Å². The van der Waals surface area contributed by atoms with Gasteiger partial charge in [0.25, 0.3) is 0 Å². The van der Waals surface area contributed by atoms with Gasteiger partial charge >= 0.3 is 7.82 Å². The molecule has 0 aromatic carbocycles. The summed E-state index contributed by atoms with van der Waals surface area (Å²) in [6, 6.07) is -0.764. The lowest BCUT2D eigenvalue weighted by atomic mass is 10.0. The number of amides is 1. The third kappa shape index (κ3) is 29.9. The molecule has 0 bridgehead atoms. The molecule has 43 heavy (non-hydrogen) atoms. The second-order valence-corrected chi connectivity index (χ2v) is 13.9.